The number of para-hydroxylation sites is 1. The van der Waals surface area contributed by atoms with Crippen LogP contribution in [0.3, 0.4) is 0 Å². The molecule has 2 aromatic carbocycles. The summed E-state index contributed by atoms with van der Waals surface area (Å²) >= 11 is 1.30. The van der Waals surface area contributed by atoms with Gasteiger partial charge in [-0.05, 0) is 42.9 Å². The van der Waals surface area contributed by atoms with E-state index in [1.54, 1.807) is 49.7 Å². The van der Waals surface area contributed by atoms with E-state index in [4.69, 9.17) is 4.74 Å². The molecule has 2 aromatic heterocycles. The third-order valence-electron chi connectivity index (χ3n) is 4.88. The zero-order valence-electron chi connectivity index (χ0n) is 18.7. The fourth-order valence-corrected chi connectivity index (χ4v) is 3.77. The number of hydrogen-bond donors (Lipinski definition) is 0. The lowest BCUT2D eigenvalue weighted by Crippen LogP contribution is -2.08. The highest BCUT2D eigenvalue weighted by Gasteiger charge is 2.23. The van der Waals surface area contributed by atoms with Crippen molar-refractivity contribution < 1.29 is 18.3 Å². The first kappa shape index (κ1) is 23.7. The third kappa shape index (κ3) is 5.08. The van der Waals surface area contributed by atoms with Crippen LogP contribution in [0.2, 0.25) is 0 Å². The van der Waals surface area contributed by atoms with Crippen LogP contribution in [0.25, 0.3) is 22.3 Å². The van der Waals surface area contributed by atoms with Gasteiger partial charge in [0, 0.05) is 29.2 Å². The lowest BCUT2D eigenvalue weighted by atomic mass is 10.0. The van der Waals surface area contributed by atoms with Gasteiger partial charge in [0.1, 0.15) is 29.1 Å². The number of benzene rings is 2. The average Bonchev–Trinajstić information content (AvgIpc) is 3.23. The molecule has 0 bridgehead atoms. The minimum absolute atomic E-state index is 0.288. The quantitative estimate of drug-likeness (QED) is 0.125. The molecule has 35 heavy (non-hydrogen) atoms. The molecule has 0 aliphatic rings. The monoisotopic (exact) mass is 485 g/mol. The predicted octanol–water partition coefficient (Wildman–Crippen LogP) is 5.38. The summed E-state index contributed by atoms with van der Waals surface area (Å²) in [7, 11) is 0. The zero-order chi connectivity index (χ0) is 24.8. The Hall–Kier alpha value is -4.40. The van der Waals surface area contributed by atoms with Crippen molar-refractivity contribution in [2.24, 2.45) is 0 Å². The van der Waals surface area contributed by atoms with Crippen molar-refractivity contribution in [1.82, 2.24) is 14.5 Å². The average molecular weight is 486 g/mol. The maximum atomic E-state index is 15.0. The Morgan fingerprint density at radius 1 is 1.09 bits per heavy atom. The van der Waals surface area contributed by atoms with E-state index in [9.17, 15) is 4.79 Å². The highest BCUT2D eigenvalue weighted by atomic mass is 32.2. The van der Waals surface area contributed by atoms with E-state index >= 15 is 8.78 Å². The molecule has 2 heterocycles. The van der Waals surface area contributed by atoms with Crippen LogP contribution in [0.5, 0.6) is 0 Å². The molecule has 172 valence electrons. The van der Waals surface area contributed by atoms with Gasteiger partial charge in [-0.15, -0.1) is 0 Å². The van der Waals surface area contributed by atoms with Crippen molar-refractivity contribution >= 4 is 34.3 Å². The molecule has 0 atom stereocenters. The molecule has 0 unspecified atom stereocenters. The fourth-order valence-electron chi connectivity index (χ4n) is 3.43. The van der Waals surface area contributed by atoms with Gasteiger partial charge in [-0.2, -0.15) is 0 Å². The van der Waals surface area contributed by atoms with Crippen LogP contribution < -0.4 is 0 Å². The summed E-state index contributed by atoms with van der Waals surface area (Å²) in [5.41, 5.74) is 1.25. The SMILES string of the molecule is CC#CC#COC(=O)C=C(c1ccccc1)c1cc2cnc(SC)nc2n1-c1c(F)cccc1F. The Bertz CT molecular complexity index is 1550. The van der Waals surface area contributed by atoms with E-state index in [-0.39, 0.29) is 11.3 Å². The number of halogens is 2. The van der Waals surface area contributed by atoms with Gasteiger partial charge in [-0.25, -0.2) is 23.5 Å². The van der Waals surface area contributed by atoms with Crippen LogP contribution in [0.4, 0.5) is 8.78 Å². The van der Waals surface area contributed by atoms with E-state index in [1.165, 1.54) is 28.5 Å². The predicted molar refractivity (Wildman–Crippen MR) is 131 cm³/mol. The molecular weight excluding hydrogens is 468 g/mol. The maximum Gasteiger partial charge on any atom is 0.345 e. The molecule has 0 fully saturated rings. The van der Waals surface area contributed by atoms with E-state index in [2.05, 4.69) is 33.8 Å². The summed E-state index contributed by atoms with van der Waals surface area (Å²) in [6, 6.07) is 14.2. The Morgan fingerprint density at radius 3 is 2.51 bits per heavy atom. The number of fused-ring (bicyclic) bond motifs is 1. The second kappa shape index (κ2) is 10.7. The summed E-state index contributed by atoms with van der Waals surface area (Å²) in [6.45, 7) is 1.61. The smallest absolute Gasteiger partial charge is 0.345 e. The zero-order valence-corrected chi connectivity index (χ0v) is 19.5. The Morgan fingerprint density at radius 2 is 1.83 bits per heavy atom. The van der Waals surface area contributed by atoms with Crippen molar-refractivity contribution in [3.8, 4) is 29.6 Å². The topological polar surface area (TPSA) is 57.0 Å². The normalized spacial score (nSPS) is 10.8. The highest BCUT2D eigenvalue weighted by Crippen LogP contribution is 2.34. The minimum atomic E-state index is -0.785. The van der Waals surface area contributed by atoms with E-state index in [1.807, 2.05) is 6.07 Å². The van der Waals surface area contributed by atoms with E-state index in [0.717, 1.165) is 12.1 Å². The van der Waals surface area contributed by atoms with Crippen LogP contribution in [0, 0.1) is 35.5 Å². The maximum absolute atomic E-state index is 15.0. The van der Waals surface area contributed by atoms with Crippen molar-refractivity contribution in [3.05, 3.63) is 89.8 Å². The number of aromatic nitrogens is 3. The highest BCUT2D eigenvalue weighted by molar-refractivity contribution is 7.98. The Balaban J connectivity index is 2.02. The number of esters is 1. The first-order chi connectivity index (χ1) is 17.0. The van der Waals surface area contributed by atoms with Gasteiger partial charge in [-0.3, -0.25) is 4.57 Å². The van der Waals surface area contributed by atoms with Crippen LogP contribution in [-0.4, -0.2) is 26.8 Å². The molecule has 0 N–H and O–H groups in total. The number of carbonyl (C=O) groups is 1. The van der Waals surface area contributed by atoms with Gasteiger partial charge in [-0.1, -0.05) is 54.1 Å². The molecule has 8 heteroatoms. The molecular formula is C27H17F2N3O2S. The molecule has 0 aliphatic heterocycles. The van der Waals surface area contributed by atoms with Crippen LogP contribution in [0.15, 0.2) is 72.0 Å². The van der Waals surface area contributed by atoms with Crippen molar-refractivity contribution in [2.75, 3.05) is 6.26 Å². The molecule has 0 saturated carbocycles. The van der Waals surface area contributed by atoms with Crippen LogP contribution >= 0.6 is 11.8 Å². The summed E-state index contributed by atoms with van der Waals surface area (Å²) < 4.78 is 36.3. The minimum Gasteiger partial charge on any atom is -0.368 e. The van der Waals surface area contributed by atoms with E-state index < -0.39 is 17.6 Å². The van der Waals surface area contributed by atoms with Gasteiger partial charge < -0.3 is 4.74 Å². The van der Waals surface area contributed by atoms with Crippen molar-refractivity contribution in [3.63, 3.8) is 0 Å². The van der Waals surface area contributed by atoms with Crippen LogP contribution in [-0.2, 0) is 9.53 Å². The summed E-state index contributed by atoms with van der Waals surface area (Å²) in [4.78, 5) is 21.4. The molecule has 0 aliphatic carbocycles. The molecule has 5 nitrogen and oxygen atoms in total. The van der Waals surface area contributed by atoms with Gasteiger partial charge in [0.05, 0.1) is 5.69 Å². The summed E-state index contributed by atoms with van der Waals surface area (Å²) in [6.07, 6.45) is 6.82. The summed E-state index contributed by atoms with van der Waals surface area (Å²) in [5.74, 6) is 5.11. The molecule has 0 saturated heterocycles. The van der Waals surface area contributed by atoms with Crippen molar-refractivity contribution in [1.29, 1.82) is 0 Å². The number of thioether (sulfide) groups is 1. The lowest BCUT2D eigenvalue weighted by molar-refractivity contribution is -0.131. The second-order valence-corrected chi connectivity index (χ2v) is 7.79. The van der Waals surface area contributed by atoms with Gasteiger partial charge >= 0.3 is 5.97 Å². The Kier molecular flexibility index (Phi) is 7.25. The molecule has 0 radical (unpaired) electrons. The lowest BCUT2D eigenvalue weighted by Gasteiger charge is -2.15. The third-order valence-corrected chi connectivity index (χ3v) is 5.44. The number of hydrogen-bond acceptors (Lipinski definition) is 5. The fraction of sp³-hybridized carbons (Fsp3) is 0.0741. The van der Waals surface area contributed by atoms with Crippen LogP contribution in [0.1, 0.15) is 18.2 Å². The number of rotatable bonds is 5. The largest absolute Gasteiger partial charge is 0.368 e. The first-order valence-electron chi connectivity index (χ1n) is 10.3. The van der Waals surface area contributed by atoms with Gasteiger partial charge in [0.25, 0.3) is 0 Å². The first-order valence-corrected chi connectivity index (χ1v) is 11.5. The second-order valence-electron chi connectivity index (χ2n) is 7.02. The Labute approximate surface area is 204 Å². The summed E-state index contributed by atoms with van der Waals surface area (Å²) in [5, 5.41) is 0.964. The molecule has 4 aromatic rings. The molecule has 0 amide bonds. The molecule has 0 spiro atoms. The number of carbonyl (C=O) groups excluding carboxylic acids is 1. The van der Waals surface area contributed by atoms with Gasteiger partial charge in [0.15, 0.2) is 5.16 Å². The van der Waals surface area contributed by atoms with Crippen molar-refractivity contribution in [2.45, 2.75) is 12.1 Å². The number of nitrogens with zero attached hydrogens (tertiary/aromatic N) is 3. The molecule has 4 rings (SSSR count). The van der Waals surface area contributed by atoms with Gasteiger partial charge in [0.2, 0.25) is 0 Å². The number of ether oxygens (including phenoxy) is 1. The standard InChI is InChI=1S/C27H17F2N3O2S/c1-3-4-8-14-34-24(33)16-20(18-10-6-5-7-11-18)23-15-19-17-30-27(35-2)31-26(19)32(23)25-21(28)12-9-13-22(25)29/h5-7,9-13,15-17H,1-2H3. The van der Waals surface area contributed by atoms with E-state index in [0.29, 0.717) is 27.4 Å².